The van der Waals surface area contributed by atoms with Crippen LogP contribution >= 0.6 is 12.4 Å². The molecule has 0 aromatic heterocycles. The molecule has 0 saturated carbocycles. The summed E-state index contributed by atoms with van der Waals surface area (Å²) in [6, 6.07) is 0. The van der Waals surface area contributed by atoms with E-state index < -0.39 is 0 Å². The second kappa shape index (κ2) is 8.85. The monoisotopic (exact) mass is 303 g/mol. The number of rotatable bonds is 6. The number of hydrogen-bond acceptors (Lipinski definition) is 3. The molecule has 1 amide bonds. The molecule has 0 bridgehead atoms. The molecule has 5 heteroatoms. The Bertz CT molecular complexity index is 287. The molecular formula is C15H30ClN3O. The second-order valence-corrected chi connectivity index (χ2v) is 6.57. The Morgan fingerprint density at radius 1 is 1.30 bits per heavy atom. The minimum absolute atomic E-state index is 0. The predicted molar refractivity (Wildman–Crippen MR) is 85.2 cm³/mol. The maximum absolute atomic E-state index is 11.7. The highest BCUT2D eigenvalue weighted by Crippen LogP contribution is 2.17. The molecule has 2 rings (SSSR count). The van der Waals surface area contributed by atoms with Gasteiger partial charge in [0, 0.05) is 19.6 Å². The number of nitrogens with one attached hydrogen (secondary N) is 2. The molecular weight excluding hydrogens is 274 g/mol. The molecule has 0 aromatic rings. The van der Waals surface area contributed by atoms with Crippen molar-refractivity contribution in [1.29, 1.82) is 0 Å². The van der Waals surface area contributed by atoms with Crippen molar-refractivity contribution in [1.82, 2.24) is 15.5 Å². The van der Waals surface area contributed by atoms with Crippen molar-refractivity contribution in [2.75, 3.05) is 39.3 Å². The van der Waals surface area contributed by atoms with Crippen LogP contribution in [0, 0.1) is 17.8 Å². The normalized spacial score (nSPS) is 21.4. The number of nitrogens with zero attached hydrogens (tertiary/aromatic N) is 1. The number of hydrogen-bond donors (Lipinski definition) is 2. The van der Waals surface area contributed by atoms with E-state index in [9.17, 15) is 4.79 Å². The maximum atomic E-state index is 11.7. The first-order valence-corrected chi connectivity index (χ1v) is 7.86. The summed E-state index contributed by atoms with van der Waals surface area (Å²) in [5.41, 5.74) is 0. The van der Waals surface area contributed by atoms with E-state index in [4.69, 9.17) is 0 Å². The summed E-state index contributed by atoms with van der Waals surface area (Å²) in [6.45, 7) is 10.8. The zero-order chi connectivity index (χ0) is 13.7. The van der Waals surface area contributed by atoms with Gasteiger partial charge < -0.3 is 15.5 Å². The SMILES string of the molecule is CC(C)CCN1CCC(CNC(=O)C2CNC2)CC1.Cl. The second-order valence-electron chi connectivity index (χ2n) is 6.57. The summed E-state index contributed by atoms with van der Waals surface area (Å²) in [7, 11) is 0. The van der Waals surface area contributed by atoms with Crippen LogP contribution in [-0.2, 0) is 4.79 Å². The number of piperidine rings is 1. The van der Waals surface area contributed by atoms with Gasteiger partial charge in [-0.3, -0.25) is 4.79 Å². The van der Waals surface area contributed by atoms with Crippen molar-refractivity contribution in [3.8, 4) is 0 Å². The van der Waals surface area contributed by atoms with Crippen molar-refractivity contribution in [3.05, 3.63) is 0 Å². The Hall–Kier alpha value is -0.320. The van der Waals surface area contributed by atoms with Gasteiger partial charge in [-0.1, -0.05) is 13.8 Å². The van der Waals surface area contributed by atoms with Crippen molar-refractivity contribution in [2.24, 2.45) is 17.8 Å². The minimum atomic E-state index is 0. The molecule has 4 nitrogen and oxygen atoms in total. The van der Waals surface area contributed by atoms with Gasteiger partial charge in [0.25, 0.3) is 0 Å². The fourth-order valence-corrected chi connectivity index (χ4v) is 2.72. The average molecular weight is 304 g/mol. The van der Waals surface area contributed by atoms with E-state index in [0.717, 1.165) is 25.6 Å². The highest BCUT2D eigenvalue weighted by Gasteiger charge is 2.26. The van der Waals surface area contributed by atoms with Gasteiger partial charge in [0.05, 0.1) is 5.92 Å². The Morgan fingerprint density at radius 3 is 2.45 bits per heavy atom. The van der Waals surface area contributed by atoms with Crippen LogP contribution in [0.4, 0.5) is 0 Å². The van der Waals surface area contributed by atoms with Gasteiger partial charge in [0.2, 0.25) is 5.91 Å². The quantitative estimate of drug-likeness (QED) is 0.782. The molecule has 20 heavy (non-hydrogen) atoms. The molecule has 2 saturated heterocycles. The van der Waals surface area contributed by atoms with Crippen molar-refractivity contribution in [2.45, 2.75) is 33.1 Å². The van der Waals surface area contributed by atoms with Crippen LogP contribution in [0.1, 0.15) is 33.1 Å². The Labute approximate surface area is 129 Å². The van der Waals surface area contributed by atoms with E-state index in [1.807, 2.05) is 0 Å². The van der Waals surface area contributed by atoms with Gasteiger partial charge in [-0.15, -0.1) is 12.4 Å². The van der Waals surface area contributed by atoms with Crippen molar-refractivity contribution in [3.63, 3.8) is 0 Å². The molecule has 2 aliphatic rings. The molecule has 2 fully saturated rings. The number of carbonyl (C=O) groups excluding carboxylic acids is 1. The molecule has 0 aliphatic carbocycles. The lowest BCUT2D eigenvalue weighted by Crippen LogP contribution is -2.51. The number of amides is 1. The number of carbonyl (C=O) groups is 1. The summed E-state index contributed by atoms with van der Waals surface area (Å²) in [6.07, 6.45) is 3.78. The van der Waals surface area contributed by atoms with Crippen LogP contribution in [0.15, 0.2) is 0 Å². The fraction of sp³-hybridized carbons (Fsp3) is 0.933. The summed E-state index contributed by atoms with van der Waals surface area (Å²) in [5.74, 6) is 1.97. The van der Waals surface area contributed by atoms with Gasteiger partial charge in [0.15, 0.2) is 0 Å². The topological polar surface area (TPSA) is 44.4 Å². The number of likely N-dealkylation sites (tertiary alicyclic amines) is 1. The zero-order valence-corrected chi connectivity index (χ0v) is 13.7. The van der Waals surface area contributed by atoms with Crippen molar-refractivity contribution >= 4 is 18.3 Å². The Morgan fingerprint density at radius 2 is 1.95 bits per heavy atom. The first-order valence-electron chi connectivity index (χ1n) is 7.86. The summed E-state index contributed by atoms with van der Waals surface area (Å²) in [5, 5.41) is 6.26. The molecule has 0 spiro atoms. The largest absolute Gasteiger partial charge is 0.356 e. The summed E-state index contributed by atoms with van der Waals surface area (Å²) < 4.78 is 0. The minimum Gasteiger partial charge on any atom is -0.356 e. The zero-order valence-electron chi connectivity index (χ0n) is 12.9. The smallest absolute Gasteiger partial charge is 0.225 e. The van der Waals surface area contributed by atoms with Crippen LogP contribution in [0.2, 0.25) is 0 Å². The molecule has 2 aliphatic heterocycles. The molecule has 0 atom stereocenters. The highest BCUT2D eigenvalue weighted by atomic mass is 35.5. The summed E-state index contributed by atoms with van der Waals surface area (Å²) in [4.78, 5) is 14.3. The molecule has 0 aromatic carbocycles. The molecule has 0 radical (unpaired) electrons. The lowest BCUT2D eigenvalue weighted by Gasteiger charge is -2.33. The van der Waals surface area contributed by atoms with E-state index in [0.29, 0.717) is 5.92 Å². The predicted octanol–water partition coefficient (Wildman–Crippen LogP) is 1.50. The molecule has 0 unspecified atom stereocenters. The molecule has 2 heterocycles. The third-order valence-corrected chi connectivity index (χ3v) is 4.45. The van der Waals surface area contributed by atoms with Crippen molar-refractivity contribution < 1.29 is 4.79 Å². The number of halogens is 1. The van der Waals surface area contributed by atoms with Gasteiger partial charge in [-0.2, -0.15) is 0 Å². The van der Waals surface area contributed by atoms with Gasteiger partial charge in [0.1, 0.15) is 0 Å². The van der Waals surface area contributed by atoms with Crippen LogP contribution in [0.25, 0.3) is 0 Å². The standard InChI is InChI=1S/C15H29N3O.ClH/c1-12(2)3-6-18-7-4-13(5-8-18)9-17-15(19)14-10-16-11-14;/h12-14,16H,3-11H2,1-2H3,(H,17,19);1H. The molecule has 118 valence electrons. The molecule has 2 N–H and O–H groups in total. The van der Waals surface area contributed by atoms with Gasteiger partial charge >= 0.3 is 0 Å². The maximum Gasteiger partial charge on any atom is 0.225 e. The van der Waals surface area contributed by atoms with Crippen LogP contribution in [0.5, 0.6) is 0 Å². The van der Waals surface area contributed by atoms with Crippen LogP contribution in [0.3, 0.4) is 0 Å². The lowest BCUT2D eigenvalue weighted by molar-refractivity contribution is -0.126. The third-order valence-electron chi connectivity index (χ3n) is 4.45. The van der Waals surface area contributed by atoms with E-state index in [1.165, 1.54) is 38.9 Å². The van der Waals surface area contributed by atoms with E-state index in [2.05, 4.69) is 29.4 Å². The first kappa shape index (κ1) is 17.7. The fourth-order valence-electron chi connectivity index (χ4n) is 2.72. The van der Waals surface area contributed by atoms with Crippen LogP contribution < -0.4 is 10.6 Å². The average Bonchev–Trinajstić information content (AvgIpc) is 2.33. The van der Waals surface area contributed by atoms with Gasteiger partial charge in [-0.05, 0) is 50.7 Å². The van der Waals surface area contributed by atoms with E-state index >= 15 is 0 Å². The van der Waals surface area contributed by atoms with Gasteiger partial charge in [-0.25, -0.2) is 0 Å². The van der Waals surface area contributed by atoms with Crippen LogP contribution in [-0.4, -0.2) is 50.1 Å². The first-order chi connectivity index (χ1) is 9.15. The highest BCUT2D eigenvalue weighted by molar-refractivity contribution is 5.85. The lowest BCUT2D eigenvalue weighted by atomic mass is 9.95. The third kappa shape index (κ3) is 5.58. The Kier molecular flexibility index (Phi) is 7.85. The van der Waals surface area contributed by atoms with E-state index in [1.54, 1.807) is 0 Å². The Balaban J connectivity index is 0.00000200. The van der Waals surface area contributed by atoms with E-state index in [-0.39, 0.29) is 24.2 Å². The summed E-state index contributed by atoms with van der Waals surface area (Å²) >= 11 is 0.